The number of aryl methyl sites for hydroxylation is 3. The molecular weight excluding hydrogens is 474 g/mol. The third kappa shape index (κ3) is 7.48. The topological polar surface area (TPSA) is 65.4 Å². The summed E-state index contributed by atoms with van der Waals surface area (Å²) >= 11 is 0. The van der Waals surface area contributed by atoms with Crippen molar-refractivity contribution in [1.82, 2.24) is 14.9 Å². The highest BCUT2D eigenvalue weighted by Gasteiger charge is 2.11. The third-order valence-corrected chi connectivity index (χ3v) is 6.51. The van der Waals surface area contributed by atoms with Crippen molar-refractivity contribution in [3.8, 4) is 11.5 Å². The molecule has 0 spiro atoms. The first-order chi connectivity index (χ1) is 18.7. The van der Waals surface area contributed by atoms with Crippen LogP contribution in [0.5, 0.6) is 11.5 Å². The van der Waals surface area contributed by atoms with Crippen LogP contribution in [0.15, 0.2) is 85.5 Å². The molecule has 0 radical (unpaired) electrons. The number of ether oxygens (including phenoxy) is 2. The summed E-state index contributed by atoms with van der Waals surface area (Å²) in [6.07, 6.45) is 6.41. The van der Waals surface area contributed by atoms with Gasteiger partial charge in [-0.1, -0.05) is 54.6 Å². The van der Waals surface area contributed by atoms with Gasteiger partial charge in [0.25, 0.3) is 0 Å². The van der Waals surface area contributed by atoms with Crippen molar-refractivity contribution in [3.63, 3.8) is 0 Å². The zero-order valence-electron chi connectivity index (χ0n) is 22.2. The second-order valence-corrected chi connectivity index (χ2v) is 9.29. The van der Waals surface area contributed by atoms with Gasteiger partial charge in [0.05, 0.1) is 24.8 Å². The van der Waals surface area contributed by atoms with Crippen molar-refractivity contribution in [2.24, 2.45) is 0 Å². The SMILES string of the molecule is C=CCc1ccc(OCCCn2c(CCCNC(=O)CCc3ccccc3)nc3ccccc32)c(OC)c1. The summed E-state index contributed by atoms with van der Waals surface area (Å²) in [5.74, 6) is 2.62. The van der Waals surface area contributed by atoms with E-state index < -0.39 is 0 Å². The molecule has 38 heavy (non-hydrogen) atoms. The Hall–Kier alpha value is -4.06. The summed E-state index contributed by atoms with van der Waals surface area (Å²) in [6.45, 7) is 5.81. The molecule has 0 aliphatic carbocycles. The molecule has 6 nitrogen and oxygen atoms in total. The Morgan fingerprint density at radius 1 is 0.974 bits per heavy atom. The maximum atomic E-state index is 12.3. The molecule has 4 aromatic rings. The summed E-state index contributed by atoms with van der Waals surface area (Å²) in [7, 11) is 1.66. The maximum absolute atomic E-state index is 12.3. The van der Waals surface area contributed by atoms with Crippen LogP contribution in [-0.4, -0.2) is 35.7 Å². The van der Waals surface area contributed by atoms with Crippen molar-refractivity contribution in [2.75, 3.05) is 20.3 Å². The fourth-order valence-electron chi connectivity index (χ4n) is 4.56. The molecule has 0 aliphatic rings. The minimum Gasteiger partial charge on any atom is -0.493 e. The molecule has 3 aromatic carbocycles. The van der Waals surface area contributed by atoms with Crippen molar-refractivity contribution >= 4 is 16.9 Å². The lowest BCUT2D eigenvalue weighted by Crippen LogP contribution is -2.25. The normalized spacial score (nSPS) is 10.9. The Morgan fingerprint density at radius 3 is 2.61 bits per heavy atom. The summed E-state index contributed by atoms with van der Waals surface area (Å²) in [5, 5.41) is 3.06. The van der Waals surface area contributed by atoms with Crippen molar-refractivity contribution in [1.29, 1.82) is 0 Å². The van der Waals surface area contributed by atoms with Crippen molar-refractivity contribution in [3.05, 3.63) is 102 Å². The largest absolute Gasteiger partial charge is 0.493 e. The number of hydrogen-bond acceptors (Lipinski definition) is 4. The van der Waals surface area contributed by atoms with E-state index in [1.807, 2.05) is 60.7 Å². The molecule has 0 saturated heterocycles. The molecule has 1 amide bonds. The number of imidazole rings is 1. The van der Waals surface area contributed by atoms with Gasteiger partial charge >= 0.3 is 0 Å². The molecule has 1 N–H and O–H groups in total. The van der Waals surface area contributed by atoms with E-state index in [9.17, 15) is 4.79 Å². The van der Waals surface area contributed by atoms with Gasteiger partial charge in [0.1, 0.15) is 5.82 Å². The molecule has 198 valence electrons. The number of amides is 1. The van der Waals surface area contributed by atoms with Gasteiger partial charge in [-0.15, -0.1) is 6.58 Å². The molecule has 1 aromatic heterocycles. The number of methoxy groups -OCH3 is 1. The van der Waals surface area contributed by atoms with E-state index in [1.165, 1.54) is 5.56 Å². The van der Waals surface area contributed by atoms with Crippen LogP contribution in [0.3, 0.4) is 0 Å². The Balaban J connectivity index is 1.28. The Bertz CT molecular complexity index is 1330. The standard InChI is InChI=1S/C32H37N3O3/c1-3-11-26-17-19-29(30(24-26)37-2)38-23-10-22-35-28-15-8-7-14-27(28)34-31(35)16-9-21-33-32(36)20-18-25-12-5-4-6-13-25/h3-8,12-15,17,19,24H,1,9-11,16,18,20-23H2,2H3,(H,33,36). The highest BCUT2D eigenvalue weighted by Crippen LogP contribution is 2.28. The van der Waals surface area contributed by atoms with Crippen molar-refractivity contribution < 1.29 is 14.3 Å². The maximum Gasteiger partial charge on any atom is 0.220 e. The van der Waals surface area contributed by atoms with Crippen LogP contribution in [-0.2, 0) is 30.6 Å². The fourth-order valence-corrected chi connectivity index (χ4v) is 4.56. The number of aromatic nitrogens is 2. The molecule has 6 heteroatoms. The number of hydrogen-bond donors (Lipinski definition) is 1. The lowest BCUT2D eigenvalue weighted by molar-refractivity contribution is -0.121. The predicted octanol–water partition coefficient (Wildman–Crippen LogP) is 5.92. The number of nitrogens with one attached hydrogen (secondary N) is 1. The quantitative estimate of drug-likeness (QED) is 0.159. The summed E-state index contributed by atoms with van der Waals surface area (Å²) in [6, 6.07) is 24.3. The minimum atomic E-state index is 0.0902. The fraction of sp³-hybridized carbons (Fsp3) is 0.312. The molecule has 0 saturated carbocycles. The lowest BCUT2D eigenvalue weighted by atomic mass is 10.1. The zero-order chi connectivity index (χ0) is 26.6. The number of benzene rings is 3. The number of rotatable bonds is 15. The average molecular weight is 512 g/mol. The highest BCUT2D eigenvalue weighted by molar-refractivity contribution is 5.76. The number of carbonyl (C=O) groups excluding carboxylic acids is 1. The van der Waals surface area contributed by atoms with E-state index in [0.717, 1.165) is 72.6 Å². The third-order valence-electron chi connectivity index (χ3n) is 6.51. The average Bonchev–Trinajstić information content (AvgIpc) is 3.30. The Labute approximate surface area is 225 Å². The second kappa shape index (κ2) is 14.0. The first-order valence-corrected chi connectivity index (χ1v) is 13.3. The number of fused-ring (bicyclic) bond motifs is 1. The number of nitrogens with zero attached hydrogens (tertiary/aromatic N) is 2. The number of para-hydroxylation sites is 2. The zero-order valence-corrected chi connectivity index (χ0v) is 22.2. The molecule has 0 fully saturated rings. The van der Waals surface area contributed by atoms with Gasteiger partial charge < -0.3 is 19.4 Å². The summed E-state index contributed by atoms with van der Waals surface area (Å²) in [4.78, 5) is 17.1. The first kappa shape index (κ1) is 27.0. The first-order valence-electron chi connectivity index (χ1n) is 13.3. The van der Waals surface area contributed by atoms with E-state index >= 15 is 0 Å². The van der Waals surface area contributed by atoms with Crippen LogP contribution < -0.4 is 14.8 Å². The van der Waals surface area contributed by atoms with Gasteiger partial charge in [-0.25, -0.2) is 4.98 Å². The molecule has 0 bridgehead atoms. The van der Waals surface area contributed by atoms with Crippen LogP contribution in [0, 0.1) is 0 Å². The van der Waals surface area contributed by atoms with Crippen LogP contribution in [0.25, 0.3) is 11.0 Å². The van der Waals surface area contributed by atoms with E-state index in [-0.39, 0.29) is 5.91 Å². The van der Waals surface area contributed by atoms with Gasteiger partial charge in [-0.3, -0.25) is 4.79 Å². The van der Waals surface area contributed by atoms with E-state index in [2.05, 4.69) is 34.7 Å². The molecule has 0 atom stereocenters. The molecule has 1 heterocycles. The second-order valence-electron chi connectivity index (χ2n) is 9.29. The summed E-state index contributed by atoms with van der Waals surface area (Å²) < 4.78 is 13.9. The van der Waals surface area contributed by atoms with Gasteiger partial charge in [-0.2, -0.15) is 0 Å². The molecular formula is C32H37N3O3. The minimum absolute atomic E-state index is 0.0902. The summed E-state index contributed by atoms with van der Waals surface area (Å²) in [5.41, 5.74) is 4.45. The van der Waals surface area contributed by atoms with Gasteiger partial charge in [-0.05, 0) is 61.1 Å². The number of carbonyl (C=O) groups is 1. The molecule has 4 rings (SSSR count). The van der Waals surface area contributed by atoms with Gasteiger partial charge in [0.2, 0.25) is 5.91 Å². The van der Waals surface area contributed by atoms with E-state index in [0.29, 0.717) is 19.6 Å². The smallest absolute Gasteiger partial charge is 0.220 e. The Morgan fingerprint density at radius 2 is 1.79 bits per heavy atom. The van der Waals surface area contributed by atoms with Crippen LogP contribution in [0.1, 0.15) is 36.2 Å². The molecule has 0 unspecified atom stereocenters. The number of allylic oxidation sites excluding steroid dienone is 1. The van der Waals surface area contributed by atoms with Crippen LogP contribution in [0.4, 0.5) is 0 Å². The molecule has 0 aliphatic heterocycles. The van der Waals surface area contributed by atoms with E-state index in [1.54, 1.807) is 7.11 Å². The van der Waals surface area contributed by atoms with Crippen LogP contribution >= 0.6 is 0 Å². The lowest BCUT2D eigenvalue weighted by Gasteiger charge is -2.13. The van der Waals surface area contributed by atoms with E-state index in [4.69, 9.17) is 14.5 Å². The highest BCUT2D eigenvalue weighted by atomic mass is 16.5. The predicted molar refractivity (Wildman–Crippen MR) is 153 cm³/mol. The Kier molecular flexibility index (Phi) is 9.96. The monoisotopic (exact) mass is 511 g/mol. The van der Waals surface area contributed by atoms with Crippen LogP contribution in [0.2, 0.25) is 0 Å². The van der Waals surface area contributed by atoms with Crippen molar-refractivity contribution in [2.45, 2.75) is 45.1 Å². The van der Waals surface area contributed by atoms with Gasteiger partial charge in [0.15, 0.2) is 11.5 Å². The van der Waals surface area contributed by atoms with Gasteiger partial charge in [0, 0.05) is 25.9 Å².